The Morgan fingerprint density at radius 3 is 3.11 bits per heavy atom. The number of rotatable bonds is 3. The molecule has 1 aromatic rings. The first kappa shape index (κ1) is 12.8. The van der Waals surface area contributed by atoms with Crippen molar-refractivity contribution in [3.63, 3.8) is 0 Å². The second kappa shape index (κ2) is 5.80. The van der Waals surface area contributed by atoms with Gasteiger partial charge in [-0.3, -0.25) is 0 Å². The van der Waals surface area contributed by atoms with Crippen LogP contribution in [0.1, 0.15) is 18.4 Å². The van der Waals surface area contributed by atoms with Gasteiger partial charge >= 0.3 is 0 Å². The first-order chi connectivity index (χ1) is 9.33. The van der Waals surface area contributed by atoms with Crippen molar-refractivity contribution in [3.8, 4) is 11.5 Å². The number of para-hydroxylation sites is 1. The number of hydrogen-bond donors (Lipinski definition) is 1. The molecular weight excluding hydrogens is 240 g/mol. The number of nitrogens with zero attached hydrogens (tertiary/aromatic N) is 1. The average molecular weight is 262 g/mol. The van der Waals surface area contributed by atoms with Gasteiger partial charge in [-0.1, -0.05) is 12.1 Å². The summed E-state index contributed by atoms with van der Waals surface area (Å²) in [6, 6.07) is 6.72. The number of hydrogen-bond acceptors (Lipinski definition) is 4. The molecule has 3 rings (SSSR count). The molecule has 1 fully saturated rings. The van der Waals surface area contributed by atoms with Gasteiger partial charge in [-0.15, -0.1) is 0 Å². The summed E-state index contributed by atoms with van der Waals surface area (Å²) in [6.45, 7) is 4.50. The van der Waals surface area contributed by atoms with Crippen molar-refractivity contribution in [2.75, 3.05) is 33.4 Å². The topological polar surface area (TPSA) is 33.7 Å². The van der Waals surface area contributed by atoms with Crippen LogP contribution in [0, 0.1) is 0 Å². The van der Waals surface area contributed by atoms with Crippen LogP contribution in [0.25, 0.3) is 0 Å². The van der Waals surface area contributed by atoms with E-state index in [0.29, 0.717) is 19.3 Å². The summed E-state index contributed by atoms with van der Waals surface area (Å²) in [5.74, 6) is 1.80. The third-order valence-electron chi connectivity index (χ3n) is 3.85. The minimum Gasteiger partial charge on any atom is -0.486 e. The molecule has 1 saturated heterocycles. The first-order valence-electron chi connectivity index (χ1n) is 7.12. The molecule has 2 aliphatic heterocycles. The van der Waals surface area contributed by atoms with Crippen molar-refractivity contribution >= 4 is 0 Å². The van der Waals surface area contributed by atoms with Crippen LogP contribution >= 0.6 is 0 Å². The van der Waals surface area contributed by atoms with Crippen LogP contribution < -0.4 is 14.8 Å². The summed E-state index contributed by atoms with van der Waals surface area (Å²) in [4.78, 5) is 2.39. The number of likely N-dealkylation sites (tertiary alicyclic amines) is 1. The van der Waals surface area contributed by atoms with Gasteiger partial charge in [-0.25, -0.2) is 0 Å². The molecule has 0 spiro atoms. The van der Waals surface area contributed by atoms with Crippen molar-refractivity contribution in [3.05, 3.63) is 23.8 Å². The maximum absolute atomic E-state index is 5.74. The summed E-state index contributed by atoms with van der Waals surface area (Å²) < 4.78 is 11.4. The zero-order valence-electron chi connectivity index (χ0n) is 11.5. The maximum atomic E-state index is 5.74. The quantitative estimate of drug-likeness (QED) is 0.898. The molecule has 0 amide bonds. The van der Waals surface area contributed by atoms with E-state index in [9.17, 15) is 0 Å². The predicted octanol–water partition coefficient (Wildman–Crippen LogP) is 1.64. The zero-order valence-corrected chi connectivity index (χ0v) is 11.5. The monoisotopic (exact) mass is 262 g/mol. The number of piperidine rings is 1. The van der Waals surface area contributed by atoms with E-state index in [4.69, 9.17) is 9.47 Å². The summed E-state index contributed by atoms with van der Waals surface area (Å²) in [5, 5.41) is 3.64. The fourth-order valence-corrected chi connectivity index (χ4v) is 2.86. The van der Waals surface area contributed by atoms with E-state index in [1.54, 1.807) is 0 Å². The Morgan fingerprint density at radius 1 is 1.32 bits per heavy atom. The van der Waals surface area contributed by atoms with Crippen LogP contribution in [0.15, 0.2) is 18.2 Å². The molecule has 1 aromatic carbocycles. The molecule has 2 aliphatic rings. The lowest BCUT2D eigenvalue weighted by atomic mass is 10.1. The van der Waals surface area contributed by atoms with Gasteiger partial charge in [0.05, 0.1) is 0 Å². The number of benzene rings is 1. The Kier molecular flexibility index (Phi) is 3.89. The molecule has 1 unspecified atom stereocenters. The van der Waals surface area contributed by atoms with Crippen molar-refractivity contribution in [1.82, 2.24) is 10.2 Å². The molecule has 4 nitrogen and oxygen atoms in total. The highest BCUT2D eigenvalue weighted by Gasteiger charge is 2.19. The molecule has 4 heteroatoms. The molecule has 2 heterocycles. The highest BCUT2D eigenvalue weighted by molar-refractivity contribution is 5.47. The zero-order chi connectivity index (χ0) is 13.1. The van der Waals surface area contributed by atoms with E-state index in [1.807, 2.05) is 12.1 Å². The summed E-state index contributed by atoms with van der Waals surface area (Å²) >= 11 is 0. The van der Waals surface area contributed by atoms with Gasteiger partial charge in [0, 0.05) is 24.7 Å². The standard InChI is InChI=1S/C15H22N2O2/c1-17-7-3-5-13(11-17)16-10-12-4-2-6-14-15(12)19-9-8-18-14/h2,4,6,13,16H,3,5,7-11H2,1H3. The molecule has 104 valence electrons. The molecule has 19 heavy (non-hydrogen) atoms. The summed E-state index contributed by atoms with van der Waals surface area (Å²) in [7, 11) is 2.19. The summed E-state index contributed by atoms with van der Waals surface area (Å²) in [6.07, 6.45) is 2.54. The molecule has 1 atom stereocenters. The SMILES string of the molecule is CN1CCCC(NCc2cccc3c2OCCO3)C1. The Hall–Kier alpha value is -1.26. The van der Waals surface area contributed by atoms with Crippen LogP contribution in [0.4, 0.5) is 0 Å². The second-order valence-electron chi connectivity index (χ2n) is 5.42. The van der Waals surface area contributed by atoms with Crippen LogP contribution in [0.3, 0.4) is 0 Å². The van der Waals surface area contributed by atoms with Gasteiger partial charge in [-0.2, -0.15) is 0 Å². The maximum Gasteiger partial charge on any atom is 0.165 e. The normalized spacial score (nSPS) is 23.3. The predicted molar refractivity (Wildman–Crippen MR) is 74.8 cm³/mol. The Bertz CT molecular complexity index is 436. The molecular formula is C15H22N2O2. The number of nitrogens with one attached hydrogen (secondary N) is 1. The van der Waals surface area contributed by atoms with Gasteiger partial charge in [0.2, 0.25) is 0 Å². The third kappa shape index (κ3) is 3.01. The van der Waals surface area contributed by atoms with Crippen molar-refractivity contribution in [1.29, 1.82) is 0 Å². The van der Waals surface area contributed by atoms with Gasteiger partial charge in [-0.05, 0) is 32.5 Å². The number of likely N-dealkylation sites (N-methyl/N-ethyl adjacent to an activating group) is 1. The van der Waals surface area contributed by atoms with Crippen LogP contribution in [-0.4, -0.2) is 44.3 Å². The third-order valence-corrected chi connectivity index (χ3v) is 3.85. The van der Waals surface area contributed by atoms with Crippen molar-refractivity contribution < 1.29 is 9.47 Å². The van der Waals surface area contributed by atoms with Gasteiger partial charge < -0.3 is 19.7 Å². The minimum atomic E-state index is 0.583. The molecule has 0 radical (unpaired) electrons. The van der Waals surface area contributed by atoms with E-state index >= 15 is 0 Å². The fraction of sp³-hybridized carbons (Fsp3) is 0.600. The molecule has 0 bridgehead atoms. The van der Waals surface area contributed by atoms with Crippen molar-refractivity contribution in [2.45, 2.75) is 25.4 Å². The van der Waals surface area contributed by atoms with E-state index in [-0.39, 0.29) is 0 Å². The molecule has 0 aromatic heterocycles. The summed E-state index contributed by atoms with van der Waals surface area (Å²) in [5.41, 5.74) is 1.20. The number of ether oxygens (including phenoxy) is 2. The van der Waals surface area contributed by atoms with Gasteiger partial charge in [0.1, 0.15) is 13.2 Å². The molecule has 1 N–H and O–H groups in total. The van der Waals surface area contributed by atoms with E-state index in [0.717, 1.165) is 24.6 Å². The van der Waals surface area contributed by atoms with Crippen LogP contribution in [0.2, 0.25) is 0 Å². The fourth-order valence-electron chi connectivity index (χ4n) is 2.86. The first-order valence-corrected chi connectivity index (χ1v) is 7.12. The second-order valence-corrected chi connectivity index (χ2v) is 5.42. The van der Waals surface area contributed by atoms with Gasteiger partial charge in [0.15, 0.2) is 11.5 Å². The number of fused-ring (bicyclic) bond motifs is 1. The highest BCUT2D eigenvalue weighted by Crippen LogP contribution is 2.33. The minimum absolute atomic E-state index is 0.583. The van der Waals surface area contributed by atoms with Crippen molar-refractivity contribution in [2.24, 2.45) is 0 Å². The van der Waals surface area contributed by atoms with E-state index < -0.39 is 0 Å². The van der Waals surface area contributed by atoms with Crippen LogP contribution in [-0.2, 0) is 6.54 Å². The van der Waals surface area contributed by atoms with Crippen LogP contribution in [0.5, 0.6) is 11.5 Å². The lowest BCUT2D eigenvalue weighted by Gasteiger charge is -2.30. The van der Waals surface area contributed by atoms with Gasteiger partial charge in [0.25, 0.3) is 0 Å². The molecule has 0 saturated carbocycles. The van der Waals surface area contributed by atoms with E-state index in [2.05, 4.69) is 23.3 Å². The molecule has 0 aliphatic carbocycles. The largest absolute Gasteiger partial charge is 0.486 e. The Labute approximate surface area is 114 Å². The average Bonchev–Trinajstić information content (AvgIpc) is 2.45. The smallest absolute Gasteiger partial charge is 0.165 e. The highest BCUT2D eigenvalue weighted by atomic mass is 16.6. The lowest BCUT2D eigenvalue weighted by molar-refractivity contribution is 0.169. The Balaban J connectivity index is 1.63. The van der Waals surface area contributed by atoms with E-state index in [1.165, 1.54) is 24.9 Å². The Morgan fingerprint density at radius 2 is 2.21 bits per heavy atom. The lowest BCUT2D eigenvalue weighted by Crippen LogP contribution is -2.43.